The van der Waals surface area contributed by atoms with Gasteiger partial charge in [0.25, 0.3) is 0 Å². The average molecular weight is 413 g/mol. The highest BCUT2D eigenvalue weighted by Gasteiger charge is 2.22. The van der Waals surface area contributed by atoms with Crippen LogP contribution in [0, 0.1) is 0 Å². The van der Waals surface area contributed by atoms with Gasteiger partial charge in [0.1, 0.15) is 6.61 Å². The zero-order valence-corrected chi connectivity index (χ0v) is 17.0. The van der Waals surface area contributed by atoms with E-state index in [2.05, 4.69) is 15.5 Å². The Morgan fingerprint density at radius 1 is 0.968 bits per heavy atom. The van der Waals surface area contributed by atoms with Gasteiger partial charge in [-0.05, 0) is 35.7 Å². The number of carbonyl (C=O) groups is 2. The van der Waals surface area contributed by atoms with E-state index in [1.54, 1.807) is 6.20 Å². The van der Waals surface area contributed by atoms with E-state index < -0.39 is 5.92 Å². The quantitative estimate of drug-likeness (QED) is 0.406. The van der Waals surface area contributed by atoms with E-state index in [4.69, 9.17) is 4.74 Å². The van der Waals surface area contributed by atoms with E-state index in [1.165, 1.54) is 0 Å². The van der Waals surface area contributed by atoms with Crippen molar-refractivity contribution in [3.63, 3.8) is 0 Å². The first kappa shape index (κ1) is 20.3. The van der Waals surface area contributed by atoms with Crippen molar-refractivity contribution < 1.29 is 14.3 Å². The topological polar surface area (TPSA) is 84.1 Å². The molecule has 1 heterocycles. The predicted molar refractivity (Wildman–Crippen MR) is 119 cm³/mol. The molecule has 31 heavy (non-hydrogen) atoms. The number of H-pyrrole nitrogens is 1. The third kappa shape index (κ3) is 5.36. The Morgan fingerprint density at radius 3 is 2.48 bits per heavy atom. The van der Waals surface area contributed by atoms with Gasteiger partial charge >= 0.3 is 5.97 Å². The van der Waals surface area contributed by atoms with Crippen molar-refractivity contribution in [1.29, 1.82) is 0 Å². The minimum atomic E-state index is -0.467. The molecule has 1 aromatic heterocycles. The highest BCUT2D eigenvalue weighted by atomic mass is 16.5. The summed E-state index contributed by atoms with van der Waals surface area (Å²) in [6.07, 6.45) is 2.22. The van der Waals surface area contributed by atoms with Crippen LogP contribution in [-0.4, -0.2) is 22.1 Å². The molecule has 1 unspecified atom stereocenters. The molecule has 6 heteroatoms. The van der Waals surface area contributed by atoms with Crippen LogP contribution < -0.4 is 5.32 Å². The van der Waals surface area contributed by atoms with Crippen LogP contribution in [-0.2, 0) is 20.9 Å². The molecule has 0 aliphatic heterocycles. The molecule has 0 bridgehead atoms. The Bertz CT molecular complexity index is 1160. The summed E-state index contributed by atoms with van der Waals surface area (Å²) in [5, 5.41) is 10.8. The van der Waals surface area contributed by atoms with Crippen LogP contribution in [0.15, 0.2) is 85.1 Å². The van der Waals surface area contributed by atoms with Gasteiger partial charge in [0, 0.05) is 17.5 Å². The number of amides is 1. The fourth-order valence-corrected chi connectivity index (χ4v) is 3.46. The number of esters is 1. The summed E-state index contributed by atoms with van der Waals surface area (Å²) in [6, 6.07) is 24.6. The molecule has 156 valence electrons. The van der Waals surface area contributed by atoms with Gasteiger partial charge in [0.05, 0.1) is 17.6 Å². The van der Waals surface area contributed by atoms with Gasteiger partial charge in [0.2, 0.25) is 5.91 Å². The molecule has 1 amide bonds. The molecule has 2 N–H and O–H groups in total. The fraction of sp³-hybridized carbons (Fsp3) is 0.160. The van der Waals surface area contributed by atoms with Gasteiger partial charge in [0.15, 0.2) is 0 Å². The van der Waals surface area contributed by atoms with E-state index in [9.17, 15) is 9.59 Å². The second-order valence-corrected chi connectivity index (χ2v) is 7.31. The Balaban J connectivity index is 1.41. The summed E-state index contributed by atoms with van der Waals surface area (Å²) < 4.78 is 5.37. The van der Waals surface area contributed by atoms with Gasteiger partial charge in [-0.2, -0.15) is 5.10 Å². The zero-order chi connectivity index (χ0) is 21.5. The van der Waals surface area contributed by atoms with Crippen molar-refractivity contribution in [2.45, 2.75) is 25.4 Å². The third-order valence-electron chi connectivity index (χ3n) is 5.11. The summed E-state index contributed by atoms with van der Waals surface area (Å²) in [6.45, 7) is 0.229. The van der Waals surface area contributed by atoms with Crippen molar-refractivity contribution in [2.24, 2.45) is 0 Å². The molecule has 0 saturated heterocycles. The van der Waals surface area contributed by atoms with E-state index in [1.807, 2.05) is 78.9 Å². The summed E-state index contributed by atoms with van der Waals surface area (Å²) >= 11 is 0. The lowest BCUT2D eigenvalue weighted by Crippen LogP contribution is -2.22. The van der Waals surface area contributed by atoms with Gasteiger partial charge in [-0.3, -0.25) is 14.7 Å². The first-order valence-corrected chi connectivity index (χ1v) is 10.2. The first-order chi connectivity index (χ1) is 15.2. The van der Waals surface area contributed by atoms with E-state index >= 15 is 0 Å². The number of nitrogens with zero attached hydrogens (tertiary/aromatic N) is 1. The molecule has 0 aliphatic carbocycles. The Morgan fingerprint density at radius 2 is 1.71 bits per heavy atom. The zero-order valence-electron chi connectivity index (χ0n) is 17.0. The van der Waals surface area contributed by atoms with Crippen LogP contribution in [0.3, 0.4) is 0 Å². The SMILES string of the molecule is O=C(CCC(C(=O)Nc1ccc2[nH]ncc2c1)c1ccccc1)OCc1ccccc1. The van der Waals surface area contributed by atoms with Gasteiger partial charge in [-0.15, -0.1) is 0 Å². The van der Waals surface area contributed by atoms with Crippen LogP contribution in [0.2, 0.25) is 0 Å². The molecule has 1 atom stereocenters. The molecule has 0 radical (unpaired) electrons. The number of benzene rings is 3. The van der Waals surface area contributed by atoms with Crippen LogP contribution >= 0.6 is 0 Å². The fourth-order valence-electron chi connectivity index (χ4n) is 3.46. The van der Waals surface area contributed by atoms with Gasteiger partial charge < -0.3 is 10.1 Å². The maximum Gasteiger partial charge on any atom is 0.306 e. The number of nitrogens with one attached hydrogen (secondary N) is 2. The maximum absolute atomic E-state index is 13.1. The van der Waals surface area contributed by atoms with Crippen LogP contribution in [0.25, 0.3) is 10.9 Å². The number of hydrogen-bond donors (Lipinski definition) is 2. The number of anilines is 1. The molecular formula is C25H23N3O3. The molecule has 0 fully saturated rings. The molecule has 0 spiro atoms. The molecule has 6 nitrogen and oxygen atoms in total. The van der Waals surface area contributed by atoms with Crippen LogP contribution in [0.1, 0.15) is 29.9 Å². The highest BCUT2D eigenvalue weighted by molar-refractivity contribution is 5.97. The normalized spacial score (nSPS) is 11.7. The summed E-state index contributed by atoms with van der Waals surface area (Å²) in [5.41, 5.74) is 3.38. The molecule has 0 saturated carbocycles. The lowest BCUT2D eigenvalue weighted by Gasteiger charge is -2.17. The number of carbonyl (C=O) groups excluding carboxylic acids is 2. The second-order valence-electron chi connectivity index (χ2n) is 7.31. The van der Waals surface area contributed by atoms with Gasteiger partial charge in [-0.1, -0.05) is 60.7 Å². The monoisotopic (exact) mass is 413 g/mol. The number of rotatable bonds is 8. The minimum absolute atomic E-state index is 0.153. The van der Waals surface area contributed by atoms with Crippen molar-refractivity contribution >= 4 is 28.5 Å². The molecule has 4 rings (SSSR count). The lowest BCUT2D eigenvalue weighted by molar-refractivity contribution is -0.145. The van der Waals surface area contributed by atoms with Crippen molar-refractivity contribution in [3.8, 4) is 0 Å². The van der Waals surface area contributed by atoms with Crippen molar-refractivity contribution in [2.75, 3.05) is 5.32 Å². The summed E-state index contributed by atoms with van der Waals surface area (Å²) in [5.74, 6) is -0.951. The maximum atomic E-state index is 13.1. The van der Waals surface area contributed by atoms with E-state index in [0.29, 0.717) is 12.1 Å². The average Bonchev–Trinajstić information content (AvgIpc) is 3.27. The Hall–Kier alpha value is -3.93. The minimum Gasteiger partial charge on any atom is -0.461 e. The van der Waals surface area contributed by atoms with E-state index in [-0.39, 0.29) is 24.9 Å². The molecule has 4 aromatic rings. The summed E-state index contributed by atoms with van der Waals surface area (Å²) in [4.78, 5) is 25.4. The second kappa shape index (κ2) is 9.71. The molecular weight excluding hydrogens is 390 g/mol. The molecule has 0 aliphatic rings. The Labute approximate surface area is 180 Å². The number of aromatic amines is 1. The van der Waals surface area contributed by atoms with E-state index in [0.717, 1.165) is 22.0 Å². The third-order valence-corrected chi connectivity index (χ3v) is 5.11. The van der Waals surface area contributed by atoms with Crippen molar-refractivity contribution in [1.82, 2.24) is 10.2 Å². The number of hydrogen-bond acceptors (Lipinski definition) is 4. The number of ether oxygens (including phenoxy) is 1. The standard InChI is InChI=1S/C25H23N3O3/c29-24(31-17-18-7-3-1-4-8-18)14-12-22(19-9-5-2-6-10-19)25(30)27-21-11-13-23-20(15-21)16-26-28-23/h1-11,13,15-16,22H,12,14,17H2,(H,26,28)(H,27,30). The lowest BCUT2D eigenvalue weighted by atomic mass is 9.93. The first-order valence-electron chi connectivity index (χ1n) is 10.2. The Kier molecular flexibility index (Phi) is 6.38. The smallest absolute Gasteiger partial charge is 0.306 e. The highest BCUT2D eigenvalue weighted by Crippen LogP contribution is 2.25. The molecule has 3 aromatic carbocycles. The van der Waals surface area contributed by atoms with Crippen molar-refractivity contribution in [3.05, 3.63) is 96.2 Å². The number of fused-ring (bicyclic) bond motifs is 1. The predicted octanol–water partition coefficient (Wildman–Crippen LogP) is 4.81. The van der Waals surface area contributed by atoms with Gasteiger partial charge in [-0.25, -0.2) is 0 Å². The largest absolute Gasteiger partial charge is 0.461 e. The van der Waals surface area contributed by atoms with Crippen LogP contribution in [0.5, 0.6) is 0 Å². The number of aromatic nitrogens is 2. The van der Waals surface area contributed by atoms with Crippen LogP contribution in [0.4, 0.5) is 5.69 Å². The summed E-state index contributed by atoms with van der Waals surface area (Å²) in [7, 11) is 0.